The molecule has 0 spiro atoms. The zero-order valence-electron chi connectivity index (χ0n) is 14.6. The van der Waals surface area contributed by atoms with Crippen LogP contribution >= 0.6 is 0 Å². The number of hydrogen-bond donors (Lipinski definition) is 1. The van der Waals surface area contributed by atoms with Crippen LogP contribution in [0, 0.1) is 0 Å². The molecule has 2 aliphatic carbocycles. The third kappa shape index (κ3) is 4.15. The molecule has 1 saturated carbocycles. The molecule has 0 aromatic heterocycles. The summed E-state index contributed by atoms with van der Waals surface area (Å²) in [5.74, 6) is 0.0805. The zero-order chi connectivity index (χ0) is 17.1. The van der Waals surface area contributed by atoms with Gasteiger partial charge in [-0.1, -0.05) is 24.3 Å². The minimum Gasteiger partial charge on any atom is -0.352 e. The monoisotopic (exact) mass is 329 g/mol. The second kappa shape index (κ2) is 7.34. The van der Waals surface area contributed by atoms with Crippen LogP contribution in [0.5, 0.6) is 0 Å². The van der Waals surface area contributed by atoms with Crippen molar-refractivity contribution in [3.63, 3.8) is 0 Å². The Bertz CT molecular complexity index is 612. The van der Waals surface area contributed by atoms with E-state index in [4.69, 9.17) is 0 Å². The summed E-state index contributed by atoms with van der Waals surface area (Å²) in [4.78, 5) is 28.1. The molecule has 130 valence electrons. The summed E-state index contributed by atoms with van der Waals surface area (Å²) in [5, 5.41) is 2.96. The number of nitrogens with one attached hydrogen (secondary N) is 1. The average molecular weight is 329 g/mol. The zero-order valence-corrected chi connectivity index (χ0v) is 14.6. The van der Waals surface area contributed by atoms with E-state index in [9.17, 15) is 9.59 Å². The standard InChI is InChI=1S/C19H27N3O2/c1-21(12-18(23)20-15-10-11-15)13-19(24)22(2)17-9-5-7-14-6-3-4-8-16(14)17/h3-4,6,8,15,17H,5,7,9-13H2,1-2H3,(H,20,23)/t17-/m1/s1. The first kappa shape index (κ1) is 17.0. The van der Waals surface area contributed by atoms with Gasteiger partial charge in [-0.2, -0.15) is 0 Å². The average Bonchev–Trinajstić information content (AvgIpc) is 3.37. The van der Waals surface area contributed by atoms with Gasteiger partial charge >= 0.3 is 0 Å². The smallest absolute Gasteiger partial charge is 0.237 e. The Morgan fingerprint density at radius 2 is 1.88 bits per heavy atom. The van der Waals surface area contributed by atoms with E-state index in [2.05, 4.69) is 23.5 Å². The van der Waals surface area contributed by atoms with Crippen LogP contribution in [0.2, 0.25) is 0 Å². The quantitative estimate of drug-likeness (QED) is 0.865. The molecule has 3 rings (SSSR count). The highest BCUT2D eigenvalue weighted by molar-refractivity contribution is 5.81. The summed E-state index contributed by atoms with van der Waals surface area (Å²) in [5.41, 5.74) is 2.62. The van der Waals surface area contributed by atoms with Gasteiger partial charge in [0.1, 0.15) is 0 Å². The highest BCUT2D eigenvalue weighted by atomic mass is 16.2. The minimum atomic E-state index is 0.0125. The maximum absolute atomic E-state index is 12.6. The van der Waals surface area contributed by atoms with Crippen LogP contribution < -0.4 is 5.32 Å². The van der Waals surface area contributed by atoms with Crippen molar-refractivity contribution in [3.05, 3.63) is 35.4 Å². The number of carbonyl (C=O) groups is 2. The van der Waals surface area contributed by atoms with Crippen molar-refractivity contribution in [2.45, 2.75) is 44.2 Å². The van der Waals surface area contributed by atoms with E-state index in [0.29, 0.717) is 6.04 Å². The Balaban J connectivity index is 1.55. The second-order valence-corrected chi connectivity index (χ2v) is 7.13. The topological polar surface area (TPSA) is 52.7 Å². The molecule has 2 amide bonds. The highest BCUT2D eigenvalue weighted by Gasteiger charge is 2.28. The summed E-state index contributed by atoms with van der Waals surface area (Å²) < 4.78 is 0. The van der Waals surface area contributed by atoms with E-state index < -0.39 is 0 Å². The van der Waals surface area contributed by atoms with Gasteiger partial charge in [-0.3, -0.25) is 14.5 Å². The molecule has 1 aromatic carbocycles. The first-order valence-corrected chi connectivity index (χ1v) is 8.86. The van der Waals surface area contributed by atoms with Gasteiger partial charge in [-0.25, -0.2) is 0 Å². The van der Waals surface area contributed by atoms with E-state index >= 15 is 0 Å². The van der Waals surface area contributed by atoms with Crippen LogP contribution in [0.3, 0.4) is 0 Å². The molecule has 0 radical (unpaired) electrons. The Morgan fingerprint density at radius 3 is 2.62 bits per heavy atom. The van der Waals surface area contributed by atoms with Crippen LogP contribution in [0.4, 0.5) is 0 Å². The van der Waals surface area contributed by atoms with Crippen molar-refractivity contribution in [1.29, 1.82) is 0 Å². The van der Waals surface area contributed by atoms with Crippen LogP contribution in [-0.4, -0.2) is 54.8 Å². The number of likely N-dealkylation sites (N-methyl/N-ethyl adjacent to an activating group) is 2. The molecule has 0 unspecified atom stereocenters. The molecule has 2 aliphatic rings. The number of amides is 2. The van der Waals surface area contributed by atoms with Crippen molar-refractivity contribution in [3.8, 4) is 0 Å². The molecular formula is C19H27N3O2. The Hall–Kier alpha value is -1.88. The predicted molar refractivity (Wildman–Crippen MR) is 93.6 cm³/mol. The van der Waals surface area contributed by atoms with Crippen LogP contribution in [0.25, 0.3) is 0 Å². The number of benzene rings is 1. The second-order valence-electron chi connectivity index (χ2n) is 7.13. The molecule has 1 fully saturated rings. The normalized spacial score (nSPS) is 19.7. The Kier molecular flexibility index (Phi) is 5.19. The van der Waals surface area contributed by atoms with E-state index in [1.807, 2.05) is 25.1 Å². The molecule has 1 aromatic rings. The lowest BCUT2D eigenvalue weighted by Gasteiger charge is -2.34. The largest absolute Gasteiger partial charge is 0.352 e. The number of nitrogens with zero attached hydrogens (tertiary/aromatic N) is 2. The maximum Gasteiger partial charge on any atom is 0.237 e. The van der Waals surface area contributed by atoms with Gasteiger partial charge in [0.15, 0.2) is 0 Å². The fourth-order valence-electron chi connectivity index (χ4n) is 3.45. The lowest BCUT2D eigenvalue weighted by molar-refractivity contribution is -0.133. The number of aryl methyl sites for hydroxylation is 1. The third-order valence-corrected chi connectivity index (χ3v) is 4.96. The van der Waals surface area contributed by atoms with Crippen molar-refractivity contribution in [2.75, 3.05) is 27.2 Å². The van der Waals surface area contributed by atoms with Gasteiger partial charge in [0.25, 0.3) is 0 Å². The van der Waals surface area contributed by atoms with E-state index in [-0.39, 0.29) is 30.9 Å². The predicted octanol–water partition coefficient (Wildman–Crippen LogP) is 1.73. The molecule has 1 atom stereocenters. The highest BCUT2D eigenvalue weighted by Crippen LogP contribution is 2.33. The van der Waals surface area contributed by atoms with Gasteiger partial charge in [0, 0.05) is 13.1 Å². The van der Waals surface area contributed by atoms with Crippen LogP contribution in [-0.2, 0) is 16.0 Å². The van der Waals surface area contributed by atoms with E-state index in [1.54, 1.807) is 4.90 Å². The van der Waals surface area contributed by atoms with Crippen molar-refractivity contribution in [2.24, 2.45) is 0 Å². The lowest BCUT2D eigenvalue weighted by atomic mass is 9.87. The third-order valence-electron chi connectivity index (χ3n) is 4.96. The van der Waals surface area contributed by atoms with Gasteiger partial charge in [0.05, 0.1) is 19.1 Å². The molecule has 0 saturated heterocycles. The van der Waals surface area contributed by atoms with Gasteiger partial charge in [-0.05, 0) is 50.3 Å². The Labute approximate surface area is 144 Å². The molecule has 0 aliphatic heterocycles. The van der Waals surface area contributed by atoms with Gasteiger partial charge < -0.3 is 10.2 Å². The summed E-state index contributed by atoms with van der Waals surface area (Å²) >= 11 is 0. The fraction of sp³-hybridized carbons (Fsp3) is 0.579. The van der Waals surface area contributed by atoms with Crippen LogP contribution in [0.1, 0.15) is 42.9 Å². The molecule has 0 bridgehead atoms. The summed E-state index contributed by atoms with van der Waals surface area (Å²) in [6.45, 7) is 0.546. The molecule has 1 N–H and O–H groups in total. The molecule has 5 heteroatoms. The molecule has 5 nitrogen and oxygen atoms in total. The number of rotatable bonds is 6. The molecule has 24 heavy (non-hydrogen) atoms. The van der Waals surface area contributed by atoms with Crippen molar-refractivity contribution < 1.29 is 9.59 Å². The maximum atomic E-state index is 12.6. The first-order valence-electron chi connectivity index (χ1n) is 8.86. The first-order chi connectivity index (χ1) is 11.5. The molecular weight excluding hydrogens is 302 g/mol. The Morgan fingerprint density at radius 1 is 1.12 bits per heavy atom. The van der Waals surface area contributed by atoms with Crippen LogP contribution in [0.15, 0.2) is 24.3 Å². The SMILES string of the molecule is CN(CC(=O)NC1CC1)CC(=O)N(C)[C@@H]1CCCc2ccccc21. The summed E-state index contributed by atoms with van der Waals surface area (Å²) in [7, 11) is 3.71. The van der Waals surface area contributed by atoms with Gasteiger partial charge in [0.2, 0.25) is 11.8 Å². The van der Waals surface area contributed by atoms with Crippen molar-refractivity contribution >= 4 is 11.8 Å². The summed E-state index contributed by atoms with van der Waals surface area (Å²) in [6.07, 6.45) is 5.37. The van der Waals surface area contributed by atoms with Gasteiger partial charge in [-0.15, -0.1) is 0 Å². The van der Waals surface area contributed by atoms with E-state index in [0.717, 1.165) is 32.1 Å². The summed E-state index contributed by atoms with van der Waals surface area (Å²) in [6, 6.07) is 8.92. The minimum absolute atomic E-state index is 0.0125. The van der Waals surface area contributed by atoms with Crippen molar-refractivity contribution in [1.82, 2.24) is 15.1 Å². The number of fused-ring (bicyclic) bond motifs is 1. The fourth-order valence-corrected chi connectivity index (χ4v) is 3.45. The lowest BCUT2D eigenvalue weighted by Crippen LogP contribution is -2.43. The molecule has 0 heterocycles. The number of carbonyl (C=O) groups excluding carboxylic acids is 2. The van der Waals surface area contributed by atoms with E-state index in [1.165, 1.54) is 11.1 Å². The number of hydrogen-bond acceptors (Lipinski definition) is 3.